The minimum atomic E-state index is 1.14. The van der Waals surface area contributed by atoms with Crippen molar-refractivity contribution in [2.45, 2.75) is 13.8 Å². The number of hydrogen-bond donors (Lipinski definition) is 0. The van der Waals surface area contributed by atoms with Crippen LogP contribution in [0, 0.1) is 13.8 Å². The van der Waals surface area contributed by atoms with E-state index in [1.165, 1.54) is 54.8 Å². The topological polar surface area (TPSA) is 6.48 Å². The van der Waals surface area contributed by atoms with E-state index in [0.29, 0.717) is 0 Å². The van der Waals surface area contributed by atoms with Crippen molar-refractivity contribution in [2.75, 3.05) is 9.80 Å². The van der Waals surface area contributed by atoms with Gasteiger partial charge in [0.05, 0.1) is 11.4 Å². The van der Waals surface area contributed by atoms with Gasteiger partial charge in [-0.2, -0.15) is 0 Å². The van der Waals surface area contributed by atoms with Gasteiger partial charge in [-0.15, -0.1) is 0 Å². The summed E-state index contributed by atoms with van der Waals surface area (Å²) in [6.45, 7) is 4.32. The number of nitrogens with zero attached hydrogens (tertiary/aromatic N) is 2. The third kappa shape index (κ3) is 4.35. The second kappa shape index (κ2) is 10.6. The quantitative estimate of drug-likeness (QED) is 0.185. The standard InChI is InChI=1S/C42H32N2/c1-29-11-9-17-35(27-29)44(36-18-10-12-30(2)28-36)40-26-22-32-19-23-37-39(25-21-31-20-24-38(40)42(32)41(31)37)43(33-13-5-3-6-14-33)34-15-7-4-8-16-34/h3-28H,1-2H3. The average Bonchev–Trinajstić information content (AvgIpc) is 3.06. The summed E-state index contributed by atoms with van der Waals surface area (Å²) in [4.78, 5) is 4.78. The Morgan fingerprint density at radius 3 is 1.16 bits per heavy atom. The first kappa shape index (κ1) is 26.1. The van der Waals surface area contributed by atoms with E-state index in [2.05, 4.69) is 181 Å². The number of anilines is 6. The molecule has 0 saturated heterocycles. The van der Waals surface area contributed by atoms with E-state index in [0.717, 1.165) is 22.7 Å². The second-order valence-electron chi connectivity index (χ2n) is 11.6. The molecule has 0 atom stereocenters. The van der Waals surface area contributed by atoms with Gasteiger partial charge in [-0.1, -0.05) is 97.1 Å². The van der Waals surface area contributed by atoms with Crippen LogP contribution in [0.1, 0.15) is 11.1 Å². The summed E-state index contributed by atoms with van der Waals surface area (Å²) in [6.07, 6.45) is 0. The third-order valence-electron chi connectivity index (χ3n) is 8.65. The first-order chi connectivity index (χ1) is 21.7. The van der Waals surface area contributed by atoms with Crippen molar-refractivity contribution < 1.29 is 0 Å². The van der Waals surface area contributed by atoms with Gasteiger partial charge in [-0.3, -0.25) is 0 Å². The van der Waals surface area contributed by atoms with Crippen molar-refractivity contribution >= 4 is 66.4 Å². The second-order valence-corrected chi connectivity index (χ2v) is 11.6. The Morgan fingerprint density at radius 2 is 0.727 bits per heavy atom. The lowest BCUT2D eigenvalue weighted by Gasteiger charge is -2.29. The van der Waals surface area contributed by atoms with Crippen LogP contribution in [-0.4, -0.2) is 0 Å². The maximum Gasteiger partial charge on any atom is 0.0540 e. The summed E-state index contributed by atoms with van der Waals surface area (Å²) in [5.74, 6) is 0. The molecule has 0 fully saturated rings. The van der Waals surface area contributed by atoms with Gasteiger partial charge in [0.2, 0.25) is 0 Å². The fourth-order valence-corrected chi connectivity index (χ4v) is 6.70. The summed E-state index contributed by atoms with van der Waals surface area (Å²) < 4.78 is 0. The predicted molar refractivity (Wildman–Crippen MR) is 189 cm³/mol. The van der Waals surface area contributed by atoms with E-state index in [4.69, 9.17) is 0 Å². The molecule has 8 rings (SSSR count). The van der Waals surface area contributed by atoms with Crippen LogP contribution in [0.2, 0.25) is 0 Å². The van der Waals surface area contributed by atoms with Crippen LogP contribution in [0.4, 0.5) is 34.1 Å². The van der Waals surface area contributed by atoms with Crippen LogP contribution in [0.5, 0.6) is 0 Å². The molecule has 0 amide bonds. The van der Waals surface area contributed by atoms with E-state index < -0.39 is 0 Å². The largest absolute Gasteiger partial charge is 0.310 e. The van der Waals surface area contributed by atoms with Crippen molar-refractivity contribution in [3.8, 4) is 0 Å². The van der Waals surface area contributed by atoms with Crippen LogP contribution < -0.4 is 9.80 Å². The Morgan fingerprint density at radius 1 is 0.341 bits per heavy atom. The first-order valence-corrected chi connectivity index (χ1v) is 15.2. The summed E-state index contributed by atoms with van der Waals surface area (Å²) in [5, 5.41) is 7.57. The molecule has 0 radical (unpaired) electrons. The fourth-order valence-electron chi connectivity index (χ4n) is 6.70. The molecule has 0 saturated carbocycles. The molecule has 0 N–H and O–H groups in total. The molecule has 2 nitrogen and oxygen atoms in total. The smallest absolute Gasteiger partial charge is 0.0540 e. The SMILES string of the molecule is Cc1cccc(N(c2cccc(C)c2)c2ccc3ccc4c(N(c5ccccc5)c5ccccc5)ccc5ccc2c3c54)c1. The van der Waals surface area contributed by atoms with E-state index in [1.807, 2.05) is 0 Å². The highest BCUT2D eigenvalue weighted by Crippen LogP contribution is 2.47. The van der Waals surface area contributed by atoms with Crippen LogP contribution in [0.25, 0.3) is 32.3 Å². The zero-order valence-electron chi connectivity index (χ0n) is 24.9. The molecule has 0 heterocycles. The lowest BCUT2D eigenvalue weighted by molar-refractivity contribution is 1.27. The van der Waals surface area contributed by atoms with Crippen molar-refractivity contribution in [3.63, 3.8) is 0 Å². The molecule has 2 heteroatoms. The average molecular weight is 565 g/mol. The minimum Gasteiger partial charge on any atom is -0.310 e. The Kier molecular flexibility index (Phi) is 6.27. The summed E-state index contributed by atoms with van der Waals surface area (Å²) in [7, 11) is 0. The summed E-state index contributed by atoms with van der Waals surface area (Å²) in [6, 6.07) is 57.2. The number of benzene rings is 8. The predicted octanol–water partition coefficient (Wildman–Crippen LogP) is 12.1. The lowest BCUT2D eigenvalue weighted by atomic mass is 9.91. The molecule has 8 aromatic rings. The summed E-state index contributed by atoms with van der Waals surface area (Å²) in [5.41, 5.74) is 9.42. The number of rotatable bonds is 6. The molecule has 0 spiro atoms. The van der Waals surface area contributed by atoms with E-state index in [1.54, 1.807) is 0 Å². The molecule has 210 valence electrons. The van der Waals surface area contributed by atoms with Crippen molar-refractivity contribution in [1.82, 2.24) is 0 Å². The van der Waals surface area contributed by atoms with Crippen LogP contribution in [0.15, 0.2) is 158 Å². The molecule has 0 aliphatic carbocycles. The van der Waals surface area contributed by atoms with E-state index in [9.17, 15) is 0 Å². The normalized spacial score (nSPS) is 11.4. The Hall–Kier alpha value is -5.60. The van der Waals surface area contributed by atoms with Gasteiger partial charge in [-0.25, -0.2) is 0 Å². The van der Waals surface area contributed by atoms with Gasteiger partial charge >= 0.3 is 0 Å². The molecule has 0 aliphatic heterocycles. The van der Waals surface area contributed by atoms with Gasteiger partial charge < -0.3 is 9.80 Å². The summed E-state index contributed by atoms with van der Waals surface area (Å²) >= 11 is 0. The zero-order chi connectivity index (χ0) is 29.6. The monoisotopic (exact) mass is 564 g/mol. The number of aryl methyl sites for hydroxylation is 2. The number of hydrogen-bond acceptors (Lipinski definition) is 2. The molecule has 44 heavy (non-hydrogen) atoms. The van der Waals surface area contributed by atoms with Crippen LogP contribution in [0.3, 0.4) is 0 Å². The van der Waals surface area contributed by atoms with Crippen molar-refractivity contribution in [1.29, 1.82) is 0 Å². The lowest BCUT2D eigenvalue weighted by Crippen LogP contribution is -2.11. The third-order valence-corrected chi connectivity index (χ3v) is 8.65. The van der Waals surface area contributed by atoms with Crippen molar-refractivity contribution in [2.24, 2.45) is 0 Å². The fraction of sp³-hybridized carbons (Fsp3) is 0.0476. The van der Waals surface area contributed by atoms with Gasteiger partial charge in [0.15, 0.2) is 0 Å². The van der Waals surface area contributed by atoms with Gasteiger partial charge in [0.25, 0.3) is 0 Å². The molecule has 8 aromatic carbocycles. The number of para-hydroxylation sites is 2. The Balaban J connectivity index is 1.42. The van der Waals surface area contributed by atoms with Crippen LogP contribution in [-0.2, 0) is 0 Å². The van der Waals surface area contributed by atoms with E-state index >= 15 is 0 Å². The van der Waals surface area contributed by atoms with Gasteiger partial charge in [0, 0.05) is 33.5 Å². The van der Waals surface area contributed by atoms with Gasteiger partial charge in [0.1, 0.15) is 0 Å². The molecular weight excluding hydrogens is 532 g/mol. The maximum absolute atomic E-state index is 2.41. The highest BCUT2D eigenvalue weighted by Gasteiger charge is 2.21. The molecular formula is C42H32N2. The maximum atomic E-state index is 2.41. The molecule has 0 bridgehead atoms. The first-order valence-electron chi connectivity index (χ1n) is 15.2. The Bertz CT molecular complexity index is 2170. The Labute approximate surface area is 258 Å². The van der Waals surface area contributed by atoms with Crippen LogP contribution >= 0.6 is 0 Å². The minimum absolute atomic E-state index is 1.14. The molecule has 0 unspecified atom stereocenters. The van der Waals surface area contributed by atoms with Gasteiger partial charge in [-0.05, 0) is 107 Å². The van der Waals surface area contributed by atoms with Crippen molar-refractivity contribution in [3.05, 3.63) is 169 Å². The molecule has 0 aliphatic rings. The highest BCUT2D eigenvalue weighted by molar-refractivity contribution is 6.28. The van der Waals surface area contributed by atoms with E-state index in [-0.39, 0.29) is 0 Å². The molecule has 0 aromatic heterocycles. The zero-order valence-corrected chi connectivity index (χ0v) is 24.9. The highest BCUT2D eigenvalue weighted by atomic mass is 15.1.